The van der Waals surface area contributed by atoms with E-state index in [-0.39, 0.29) is 23.3 Å². The van der Waals surface area contributed by atoms with Gasteiger partial charge >= 0.3 is 0 Å². The number of para-hydroxylation sites is 1. The van der Waals surface area contributed by atoms with Crippen LogP contribution in [0.3, 0.4) is 0 Å². The highest BCUT2D eigenvalue weighted by molar-refractivity contribution is 7.89. The number of carbonyl (C=O) groups is 1. The minimum absolute atomic E-state index is 0.118. The number of anilines is 1. The predicted molar refractivity (Wildman–Crippen MR) is 115 cm³/mol. The number of H-pyrrole nitrogens is 1. The minimum Gasteiger partial charge on any atom is -0.496 e. The quantitative estimate of drug-likeness (QED) is 0.607. The van der Waals surface area contributed by atoms with Crippen molar-refractivity contribution in [2.24, 2.45) is 5.92 Å². The van der Waals surface area contributed by atoms with E-state index in [1.807, 2.05) is 18.2 Å². The van der Waals surface area contributed by atoms with Crippen molar-refractivity contribution in [1.29, 1.82) is 0 Å². The third kappa shape index (κ3) is 4.44. The molecule has 3 aromatic rings. The number of rotatable bonds is 6. The molecule has 0 saturated carbocycles. The summed E-state index contributed by atoms with van der Waals surface area (Å²) < 4.78 is 32.5. The third-order valence-corrected chi connectivity index (χ3v) is 7.10. The molecule has 1 aromatic heterocycles. The molecule has 10 heteroatoms. The molecule has 0 radical (unpaired) electrons. The second-order valence-electron chi connectivity index (χ2n) is 7.21. The zero-order chi connectivity index (χ0) is 21.8. The van der Waals surface area contributed by atoms with Gasteiger partial charge in [0.2, 0.25) is 21.9 Å². The smallest absolute Gasteiger partial charge is 0.249 e. The van der Waals surface area contributed by atoms with Crippen LogP contribution < -0.4 is 10.1 Å². The maximum Gasteiger partial charge on any atom is 0.249 e. The number of ether oxygens (including phenoxy) is 1. The van der Waals surface area contributed by atoms with E-state index in [0.717, 1.165) is 5.56 Å². The number of benzene rings is 2. The molecule has 0 bridgehead atoms. The number of carbonyl (C=O) groups excluding carboxylic acids is 1. The Bertz CT molecular complexity index is 1160. The van der Waals surface area contributed by atoms with E-state index in [1.165, 1.54) is 4.31 Å². The normalized spacial score (nSPS) is 17.3. The zero-order valence-electron chi connectivity index (χ0n) is 17.0. The molecule has 0 unspecified atom stereocenters. The van der Waals surface area contributed by atoms with Crippen LogP contribution in [0.4, 0.5) is 5.95 Å². The molecule has 31 heavy (non-hydrogen) atoms. The second-order valence-corrected chi connectivity index (χ2v) is 9.15. The van der Waals surface area contributed by atoms with Gasteiger partial charge in [0.05, 0.1) is 23.5 Å². The van der Waals surface area contributed by atoms with Crippen molar-refractivity contribution in [3.05, 3.63) is 54.6 Å². The van der Waals surface area contributed by atoms with E-state index in [2.05, 4.69) is 20.5 Å². The Balaban J connectivity index is 1.45. The van der Waals surface area contributed by atoms with Gasteiger partial charge in [0.15, 0.2) is 5.82 Å². The first-order valence-electron chi connectivity index (χ1n) is 9.91. The van der Waals surface area contributed by atoms with Gasteiger partial charge in [-0.1, -0.05) is 30.3 Å². The molecule has 2 heterocycles. The third-order valence-electron chi connectivity index (χ3n) is 5.22. The second kappa shape index (κ2) is 8.86. The lowest BCUT2D eigenvalue weighted by molar-refractivity contribution is -0.120. The Hall–Kier alpha value is -3.24. The molecule has 1 aliphatic rings. The number of sulfonamides is 1. The summed E-state index contributed by atoms with van der Waals surface area (Å²) in [7, 11) is -2.07. The lowest BCUT2D eigenvalue weighted by Crippen LogP contribution is -2.43. The number of nitrogens with one attached hydrogen (secondary N) is 2. The molecule has 1 saturated heterocycles. The van der Waals surface area contributed by atoms with Crippen LogP contribution in [0.1, 0.15) is 12.8 Å². The average Bonchev–Trinajstić information content (AvgIpc) is 3.28. The molecule has 1 aliphatic heterocycles. The van der Waals surface area contributed by atoms with Crippen molar-refractivity contribution in [3.63, 3.8) is 0 Å². The fourth-order valence-electron chi connectivity index (χ4n) is 3.61. The first-order chi connectivity index (χ1) is 15.0. The first-order valence-corrected chi connectivity index (χ1v) is 11.3. The number of hydrogen-bond donors (Lipinski definition) is 2. The molecule has 9 nitrogen and oxygen atoms in total. The maximum atomic E-state index is 12.9. The van der Waals surface area contributed by atoms with Gasteiger partial charge in [-0.2, -0.15) is 9.29 Å². The summed E-state index contributed by atoms with van der Waals surface area (Å²) in [5.74, 6) is 0.433. The molecular weight excluding hydrogens is 418 g/mol. The van der Waals surface area contributed by atoms with Crippen molar-refractivity contribution in [3.8, 4) is 17.1 Å². The number of amides is 1. The highest BCUT2D eigenvalue weighted by Crippen LogP contribution is 2.28. The monoisotopic (exact) mass is 441 g/mol. The number of aromatic amines is 1. The summed E-state index contributed by atoms with van der Waals surface area (Å²) in [6, 6.07) is 15.6. The fourth-order valence-corrected chi connectivity index (χ4v) is 5.15. The van der Waals surface area contributed by atoms with E-state index in [1.54, 1.807) is 43.5 Å². The molecule has 4 rings (SSSR count). The lowest BCUT2D eigenvalue weighted by atomic mass is 9.99. The summed E-state index contributed by atoms with van der Waals surface area (Å²) in [4.78, 5) is 17.4. The molecule has 162 valence electrons. The van der Waals surface area contributed by atoms with E-state index >= 15 is 0 Å². The summed E-state index contributed by atoms with van der Waals surface area (Å²) in [6.45, 7) is 0.506. The highest BCUT2D eigenvalue weighted by atomic mass is 32.2. The Morgan fingerprint density at radius 3 is 2.68 bits per heavy atom. The minimum atomic E-state index is -3.64. The number of hydrogen-bond acceptors (Lipinski definition) is 6. The predicted octanol–water partition coefficient (Wildman–Crippen LogP) is 2.52. The molecule has 1 amide bonds. The standard InChI is InChI=1S/C21H23N5O4S/c1-30-18-12-6-5-11-17(18)19-22-21(25-24-19)23-20(27)15-8-7-13-26(14-15)31(28,29)16-9-3-2-4-10-16/h2-6,9-12,15H,7-8,13-14H2,1H3,(H2,22,23,24,25,27)/t15-/m1/s1. The van der Waals surface area contributed by atoms with Gasteiger partial charge in [0, 0.05) is 13.1 Å². The van der Waals surface area contributed by atoms with Crippen molar-refractivity contribution < 1.29 is 17.9 Å². The van der Waals surface area contributed by atoms with E-state index in [9.17, 15) is 13.2 Å². The van der Waals surface area contributed by atoms with E-state index in [4.69, 9.17) is 4.74 Å². The molecule has 2 aromatic carbocycles. The number of aromatic nitrogens is 3. The highest BCUT2D eigenvalue weighted by Gasteiger charge is 2.33. The van der Waals surface area contributed by atoms with Crippen LogP contribution in [0.15, 0.2) is 59.5 Å². The Labute approximate surface area is 180 Å². The summed E-state index contributed by atoms with van der Waals surface area (Å²) in [6.07, 6.45) is 1.20. The summed E-state index contributed by atoms with van der Waals surface area (Å²) in [5, 5.41) is 9.56. The van der Waals surface area contributed by atoms with Crippen LogP contribution >= 0.6 is 0 Å². The lowest BCUT2D eigenvalue weighted by Gasteiger charge is -2.30. The van der Waals surface area contributed by atoms with Crippen molar-refractivity contribution in [2.75, 3.05) is 25.5 Å². The van der Waals surface area contributed by atoms with Gasteiger partial charge in [0.1, 0.15) is 5.75 Å². The van der Waals surface area contributed by atoms with Gasteiger partial charge < -0.3 is 4.74 Å². The number of methoxy groups -OCH3 is 1. The van der Waals surface area contributed by atoms with Crippen LogP contribution in [0.2, 0.25) is 0 Å². The van der Waals surface area contributed by atoms with Crippen LogP contribution in [-0.4, -0.2) is 54.0 Å². The number of piperidine rings is 1. The molecule has 0 aliphatic carbocycles. The molecule has 1 atom stereocenters. The van der Waals surface area contributed by atoms with Gasteiger partial charge in [-0.25, -0.2) is 8.42 Å². The fraction of sp³-hybridized carbons (Fsp3) is 0.286. The van der Waals surface area contributed by atoms with Gasteiger partial charge in [-0.3, -0.25) is 15.2 Å². The van der Waals surface area contributed by atoms with Crippen molar-refractivity contribution in [1.82, 2.24) is 19.5 Å². The maximum absolute atomic E-state index is 12.9. The van der Waals surface area contributed by atoms with Crippen LogP contribution in [-0.2, 0) is 14.8 Å². The molecule has 2 N–H and O–H groups in total. The average molecular weight is 442 g/mol. The SMILES string of the molecule is COc1ccccc1-c1nc(NC(=O)[C@@H]2CCCN(S(=O)(=O)c3ccccc3)C2)n[nH]1. The number of nitrogens with zero attached hydrogens (tertiary/aromatic N) is 3. The molecular formula is C21H23N5O4S. The van der Waals surface area contributed by atoms with Gasteiger partial charge in [-0.15, -0.1) is 5.10 Å². The Kier molecular flexibility index (Phi) is 6.01. The van der Waals surface area contributed by atoms with Crippen LogP contribution in [0, 0.1) is 5.92 Å². The van der Waals surface area contributed by atoms with Crippen LogP contribution in [0.5, 0.6) is 5.75 Å². The van der Waals surface area contributed by atoms with Gasteiger partial charge in [0.25, 0.3) is 0 Å². The van der Waals surface area contributed by atoms with Crippen molar-refractivity contribution in [2.45, 2.75) is 17.7 Å². The Morgan fingerprint density at radius 2 is 1.90 bits per heavy atom. The summed E-state index contributed by atoms with van der Waals surface area (Å²) in [5.41, 5.74) is 0.718. The first kappa shape index (κ1) is 21.0. The van der Waals surface area contributed by atoms with E-state index < -0.39 is 15.9 Å². The topological polar surface area (TPSA) is 117 Å². The largest absolute Gasteiger partial charge is 0.496 e. The zero-order valence-corrected chi connectivity index (χ0v) is 17.8. The van der Waals surface area contributed by atoms with E-state index in [0.29, 0.717) is 31.0 Å². The summed E-state index contributed by atoms with van der Waals surface area (Å²) >= 11 is 0. The van der Waals surface area contributed by atoms with Gasteiger partial charge in [-0.05, 0) is 37.1 Å². The molecule has 0 spiro atoms. The van der Waals surface area contributed by atoms with Crippen molar-refractivity contribution >= 4 is 21.9 Å². The molecule has 1 fully saturated rings. The van der Waals surface area contributed by atoms with Crippen LogP contribution in [0.25, 0.3) is 11.4 Å². The Morgan fingerprint density at radius 1 is 1.16 bits per heavy atom.